The molecule has 0 spiro atoms. The molecule has 0 fully saturated rings. The van der Waals surface area contributed by atoms with Crippen molar-refractivity contribution in [2.75, 3.05) is 0 Å². The number of rotatable bonds is 23. The van der Waals surface area contributed by atoms with E-state index in [0.29, 0.717) is 12.8 Å². The predicted octanol–water partition coefficient (Wildman–Crippen LogP) is 10.9. The number of unbranched alkanes of at least 4 members (excludes halogenated alkanes) is 12. The summed E-state index contributed by atoms with van der Waals surface area (Å²) in [5.74, 6) is -0.383. The topological polar surface area (TPSA) is 52.6 Å². The predicted molar refractivity (Wildman–Crippen MR) is 173 cm³/mol. The Bertz CT molecular complexity index is 847. The maximum atomic E-state index is 12.6. The highest BCUT2D eigenvalue weighted by Crippen LogP contribution is 2.23. The average Bonchev–Trinajstić information content (AvgIpc) is 2.93. The second kappa shape index (κ2) is 22.5. The summed E-state index contributed by atoms with van der Waals surface area (Å²) in [7, 11) is 0. The second-order valence-electron chi connectivity index (χ2n) is 13.0. The van der Waals surface area contributed by atoms with Crippen molar-refractivity contribution in [3.8, 4) is 0 Å². The molecule has 4 nitrogen and oxygen atoms in total. The molecule has 1 rings (SSSR count). The number of carbonyl (C=O) groups is 2. The highest BCUT2D eigenvalue weighted by Gasteiger charge is 2.17. The molecule has 1 atom stereocenters. The van der Waals surface area contributed by atoms with Crippen LogP contribution in [0.15, 0.2) is 36.1 Å². The molecule has 0 heterocycles. The first-order valence-corrected chi connectivity index (χ1v) is 16.8. The van der Waals surface area contributed by atoms with Gasteiger partial charge in [0.1, 0.15) is 6.10 Å². The van der Waals surface area contributed by atoms with E-state index < -0.39 is 0 Å². The van der Waals surface area contributed by atoms with Crippen LogP contribution in [0.25, 0.3) is 0 Å². The Balaban J connectivity index is 2.43. The number of hydrogen-bond donors (Lipinski definition) is 0. The van der Waals surface area contributed by atoms with E-state index in [1.807, 2.05) is 6.92 Å². The molecule has 0 amide bonds. The van der Waals surface area contributed by atoms with Crippen LogP contribution in [0.5, 0.6) is 0 Å². The number of allylic oxidation sites excluding steroid dienone is 1. The molecule has 0 aromatic heterocycles. The second-order valence-corrected chi connectivity index (χ2v) is 13.0. The third kappa shape index (κ3) is 19.6. The summed E-state index contributed by atoms with van der Waals surface area (Å²) in [6.45, 7) is 13.1. The molecule has 0 aliphatic carbocycles. The van der Waals surface area contributed by atoms with Gasteiger partial charge >= 0.3 is 11.9 Å². The van der Waals surface area contributed by atoms with E-state index in [4.69, 9.17) is 9.47 Å². The van der Waals surface area contributed by atoms with Gasteiger partial charge in [-0.2, -0.15) is 0 Å². The van der Waals surface area contributed by atoms with Crippen molar-refractivity contribution in [3.63, 3.8) is 0 Å². The summed E-state index contributed by atoms with van der Waals surface area (Å²) in [4.78, 5) is 25.1. The average molecular weight is 571 g/mol. The van der Waals surface area contributed by atoms with E-state index in [0.717, 1.165) is 44.1 Å². The number of carbonyl (C=O) groups excluding carboxylic acids is 2. The molecule has 0 aliphatic heterocycles. The first-order chi connectivity index (χ1) is 19.7. The Labute approximate surface area is 253 Å². The van der Waals surface area contributed by atoms with Gasteiger partial charge in [-0.15, -0.1) is 0 Å². The van der Waals surface area contributed by atoms with Crippen molar-refractivity contribution in [2.45, 2.75) is 175 Å². The molecule has 0 saturated carbocycles. The van der Waals surface area contributed by atoms with E-state index in [1.54, 1.807) is 6.26 Å². The van der Waals surface area contributed by atoms with Gasteiger partial charge in [-0.1, -0.05) is 136 Å². The van der Waals surface area contributed by atoms with Gasteiger partial charge in [-0.05, 0) is 61.1 Å². The third-order valence-electron chi connectivity index (χ3n) is 7.78. The maximum Gasteiger partial charge on any atom is 0.310 e. The molecule has 0 N–H and O–H groups in total. The molecule has 0 saturated heterocycles. The van der Waals surface area contributed by atoms with Crippen LogP contribution in [0.4, 0.5) is 0 Å². The van der Waals surface area contributed by atoms with Crippen LogP contribution >= 0.6 is 0 Å². The quantitative estimate of drug-likeness (QED) is 0.0746. The summed E-state index contributed by atoms with van der Waals surface area (Å²) in [5.41, 5.74) is 3.64. The van der Waals surface area contributed by atoms with Crippen molar-refractivity contribution >= 4 is 11.9 Å². The summed E-state index contributed by atoms with van der Waals surface area (Å²) in [6, 6.07) is 8.64. The summed E-state index contributed by atoms with van der Waals surface area (Å²) < 4.78 is 11.3. The van der Waals surface area contributed by atoms with Gasteiger partial charge in [-0.3, -0.25) is 9.59 Å². The Hall–Kier alpha value is -2.10. The molecule has 1 aromatic carbocycles. The maximum absolute atomic E-state index is 12.6. The van der Waals surface area contributed by atoms with Crippen LogP contribution in [-0.2, 0) is 30.9 Å². The Morgan fingerprint density at radius 1 is 0.707 bits per heavy atom. The van der Waals surface area contributed by atoms with Gasteiger partial charge in [0.05, 0.1) is 6.26 Å². The van der Waals surface area contributed by atoms with E-state index >= 15 is 0 Å². The first-order valence-electron chi connectivity index (χ1n) is 16.8. The fourth-order valence-electron chi connectivity index (χ4n) is 5.05. The highest BCUT2D eigenvalue weighted by atomic mass is 16.5. The lowest BCUT2D eigenvalue weighted by molar-refractivity contribution is -0.151. The van der Waals surface area contributed by atoms with Crippen LogP contribution in [-0.4, -0.2) is 18.0 Å². The first kappa shape index (κ1) is 36.9. The molecular weight excluding hydrogens is 508 g/mol. The standard InChI is InChI=1S/C37H62O4/c1-7-9-11-13-14-15-16-18-20-22-36(39)41-34(21-19-17-12-10-8-2)27-28-35(38)40-30-31(3)29-32-23-25-33(26-24-32)37(4,5)6/h23-26,30,34H,7-22,27-29H2,1-6H3. The molecule has 4 heteroatoms. The Kier molecular flexibility index (Phi) is 20.3. The van der Waals surface area contributed by atoms with Gasteiger partial charge in [0, 0.05) is 12.8 Å². The molecular formula is C37H62O4. The molecule has 1 unspecified atom stereocenters. The summed E-state index contributed by atoms with van der Waals surface area (Å²) >= 11 is 0. The monoisotopic (exact) mass is 570 g/mol. The molecule has 0 radical (unpaired) electrons. The van der Waals surface area contributed by atoms with Gasteiger partial charge in [0.25, 0.3) is 0 Å². The lowest BCUT2D eigenvalue weighted by atomic mass is 9.86. The Morgan fingerprint density at radius 2 is 1.24 bits per heavy atom. The number of benzene rings is 1. The molecule has 41 heavy (non-hydrogen) atoms. The summed E-state index contributed by atoms with van der Waals surface area (Å²) in [6.07, 6.45) is 21.1. The van der Waals surface area contributed by atoms with Crippen molar-refractivity contribution in [2.24, 2.45) is 0 Å². The van der Waals surface area contributed by atoms with Crippen molar-refractivity contribution in [3.05, 3.63) is 47.2 Å². The third-order valence-corrected chi connectivity index (χ3v) is 7.78. The van der Waals surface area contributed by atoms with Crippen LogP contribution in [0.1, 0.15) is 168 Å². The lowest BCUT2D eigenvalue weighted by Crippen LogP contribution is -2.20. The zero-order valence-electron chi connectivity index (χ0n) is 27.5. The highest BCUT2D eigenvalue weighted by molar-refractivity contribution is 5.71. The largest absolute Gasteiger partial charge is 0.462 e. The lowest BCUT2D eigenvalue weighted by Gasteiger charge is -2.19. The van der Waals surface area contributed by atoms with Crippen LogP contribution in [0, 0.1) is 0 Å². The minimum atomic E-state index is -0.265. The minimum Gasteiger partial charge on any atom is -0.462 e. The smallest absolute Gasteiger partial charge is 0.310 e. The summed E-state index contributed by atoms with van der Waals surface area (Å²) in [5, 5.41) is 0. The zero-order valence-corrected chi connectivity index (χ0v) is 27.5. The molecule has 1 aromatic rings. The van der Waals surface area contributed by atoms with Crippen molar-refractivity contribution in [1.29, 1.82) is 0 Å². The zero-order chi connectivity index (χ0) is 30.3. The number of esters is 2. The van der Waals surface area contributed by atoms with Crippen molar-refractivity contribution < 1.29 is 19.1 Å². The SMILES string of the molecule is CCCCCCCCCCCC(=O)OC(CCCCCCC)CCC(=O)OC=C(C)Cc1ccc(C(C)(C)C)cc1. The fourth-order valence-corrected chi connectivity index (χ4v) is 5.05. The fraction of sp³-hybridized carbons (Fsp3) is 0.730. The molecule has 234 valence electrons. The van der Waals surface area contributed by atoms with E-state index in [9.17, 15) is 9.59 Å². The van der Waals surface area contributed by atoms with E-state index in [1.165, 1.54) is 75.3 Å². The Morgan fingerprint density at radius 3 is 1.80 bits per heavy atom. The van der Waals surface area contributed by atoms with Gasteiger partial charge in [0.2, 0.25) is 0 Å². The van der Waals surface area contributed by atoms with Crippen LogP contribution in [0.2, 0.25) is 0 Å². The van der Waals surface area contributed by atoms with Gasteiger partial charge < -0.3 is 9.47 Å². The van der Waals surface area contributed by atoms with E-state index in [2.05, 4.69) is 58.9 Å². The number of hydrogen-bond acceptors (Lipinski definition) is 4. The normalized spacial score (nSPS) is 12.8. The minimum absolute atomic E-state index is 0.118. The van der Waals surface area contributed by atoms with Crippen LogP contribution in [0.3, 0.4) is 0 Å². The molecule has 0 aliphatic rings. The van der Waals surface area contributed by atoms with E-state index in [-0.39, 0.29) is 29.9 Å². The van der Waals surface area contributed by atoms with Gasteiger partial charge in [-0.25, -0.2) is 0 Å². The van der Waals surface area contributed by atoms with Gasteiger partial charge in [0.15, 0.2) is 0 Å². The number of ether oxygens (including phenoxy) is 2. The van der Waals surface area contributed by atoms with Crippen molar-refractivity contribution in [1.82, 2.24) is 0 Å². The molecule has 0 bridgehead atoms. The van der Waals surface area contributed by atoms with Crippen LogP contribution < -0.4 is 0 Å².